The van der Waals surface area contributed by atoms with E-state index >= 15 is 0 Å². The maximum Gasteiger partial charge on any atom is 0.337 e. The minimum absolute atomic E-state index is 0.0324. The number of rotatable bonds is 4. The molecule has 1 aliphatic heterocycles. The fourth-order valence-corrected chi connectivity index (χ4v) is 2.68. The molecule has 1 aliphatic rings. The van der Waals surface area contributed by atoms with Crippen LogP contribution in [-0.2, 0) is 9.53 Å². The summed E-state index contributed by atoms with van der Waals surface area (Å²) in [5.41, 5.74) is 6.46. The Labute approximate surface area is 143 Å². The predicted octanol–water partition coefficient (Wildman–Crippen LogP) is 1.64. The number of nitriles is 1. The smallest absolute Gasteiger partial charge is 0.337 e. The lowest BCUT2D eigenvalue weighted by Crippen LogP contribution is -2.35. The highest BCUT2D eigenvalue weighted by atomic mass is 16.6. The molecule has 8 nitrogen and oxygen atoms in total. The van der Waals surface area contributed by atoms with E-state index < -0.39 is 22.7 Å². The first-order valence-corrected chi connectivity index (χ1v) is 7.20. The van der Waals surface area contributed by atoms with Crippen LogP contribution in [0.4, 0.5) is 5.69 Å². The highest BCUT2D eigenvalue weighted by molar-refractivity contribution is 5.98. The summed E-state index contributed by atoms with van der Waals surface area (Å²) >= 11 is 0. The third kappa shape index (κ3) is 3.48. The molecule has 1 aromatic carbocycles. The molecule has 0 amide bonds. The van der Waals surface area contributed by atoms with E-state index in [1.165, 1.54) is 18.2 Å². The number of benzene rings is 1. The molecule has 0 radical (unpaired) electrons. The van der Waals surface area contributed by atoms with Gasteiger partial charge in [0.25, 0.3) is 5.69 Å². The molecule has 0 aromatic heterocycles. The zero-order valence-electron chi connectivity index (χ0n) is 13.3. The number of nitro groups is 1. The first kappa shape index (κ1) is 17.7. The van der Waals surface area contributed by atoms with Crippen LogP contribution in [0.25, 0.3) is 0 Å². The van der Waals surface area contributed by atoms with Gasteiger partial charge in [-0.3, -0.25) is 10.1 Å². The monoisotopic (exact) mass is 338 g/mol. The molecule has 2 atom stereocenters. The van der Waals surface area contributed by atoms with Gasteiger partial charge in [-0.25, -0.2) is 9.79 Å². The average molecular weight is 338 g/mol. The number of hydrogen-bond acceptors (Lipinski definition) is 7. The second kappa shape index (κ2) is 7.28. The molecule has 8 heteroatoms. The van der Waals surface area contributed by atoms with Crippen molar-refractivity contribution in [3.63, 3.8) is 0 Å². The van der Waals surface area contributed by atoms with E-state index in [0.717, 1.165) is 0 Å². The van der Waals surface area contributed by atoms with Gasteiger partial charge in [-0.2, -0.15) is 5.26 Å². The molecule has 0 aliphatic carbocycles. The van der Waals surface area contributed by atoms with Crippen molar-refractivity contribution in [3.8, 4) is 18.4 Å². The van der Waals surface area contributed by atoms with Gasteiger partial charge in [0.15, 0.2) is 6.61 Å². The van der Waals surface area contributed by atoms with E-state index in [1.54, 1.807) is 13.0 Å². The zero-order chi connectivity index (χ0) is 18.6. The Morgan fingerprint density at radius 3 is 2.88 bits per heavy atom. The maximum atomic E-state index is 12.4. The molecule has 25 heavy (non-hydrogen) atoms. The number of non-ortho nitro benzene ring substituents is 1. The van der Waals surface area contributed by atoms with Crippen LogP contribution in [0.3, 0.4) is 0 Å². The van der Waals surface area contributed by atoms with Crippen molar-refractivity contribution in [1.82, 2.24) is 0 Å². The van der Waals surface area contributed by atoms with Gasteiger partial charge in [-0.1, -0.05) is 18.1 Å². The summed E-state index contributed by atoms with van der Waals surface area (Å²) in [5, 5.41) is 20.5. The number of aliphatic imine (C=N–C) groups is 1. The quantitative estimate of drug-likeness (QED) is 0.384. The molecule has 0 saturated heterocycles. The van der Waals surface area contributed by atoms with Gasteiger partial charge in [0, 0.05) is 18.1 Å². The number of amidine groups is 1. The van der Waals surface area contributed by atoms with Crippen LogP contribution in [0.15, 0.2) is 40.5 Å². The van der Waals surface area contributed by atoms with Crippen LogP contribution in [-0.4, -0.2) is 23.3 Å². The Morgan fingerprint density at radius 2 is 2.28 bits per heavy atom. The summed E-state index contributed by atoms with van der Waals surface area (Å²) < 4.78 is 4.97. The SMILES string of the molecule is C#CCOC(=O)C1=C(C)N=C(N)C(C#N)C1c1cccc([N+](=O)[O-])c1. The number of carbonyl (C=O) groups is 1. The van der Waals surface area contributed by atoms with Crippen molar-refractivity contribution in [2.24, 2.45) is 16.6 Å². The third-order valence-electron chi connectivity index (χ3n) is 3.74. The van der Waals surface area contributed by atoms with Crippen LogP contribution < -0.4 is 5.73 Å². The summed E-state index contributed by atoms with van der Waals surface area (Å²) in [4.78, 5) is 26.9. The van der Waals surface area contributed by atoms with Crippen molar-refractivity contribution in [3.05, 3.63) is 51.2 Å². The molecule has 0 spiro atoms. The number of esters is 1. The van der Waals surface area contributed by atoms with Gasteiger partial charge >= 0.3 is 5.97 Å². The Balaban J connectivity index is 2.61. The minimum Gasteiger partial charge on any atom is -0.449 e. The highest BCUT2D eigenvalue weighted by Gasteiger charge is 2.38. The number of nitrogens with zero attached hydrogens (tertiary/aromatic N) is 3. The largest absolute Gasteiger partial charge is 0.449 e. The molecule has 1 aromatic rings. The Kier molecular flexibility index (Phi) is 5.15. The third-order valence-corrected chi connectivity index (χ3v) is 3.74. The number of nitrogens with two attached hydrogens (primary N) is 1. The number of terminal acetylenes is 1. The van der Waals surface area contributed by atoms with E-state index in [4.69, 9.17) is 16.9 Å². The molecule has 0 saturated carbocycles. The van der Waals surface area contributed by atoms with Crippen LogP contribution in [0, 0.1) is 39.7 Å². The van der Waals surface area contributed by atoms with Crippen molar-refractivity contribution in [2.45, 2.75) is 12.8 Å². The van der Waals surface area contributed by atoms with Crippen LogP contribution >= 0.6 is 0 Å². The second-order valence-corrected chi connectivity index (χ2v) is 5.25. The number of carbonyl (C=O) groups excluding carboxylic acids is 1. The first-order chi connectivity index (χ1) is 11.9. The fraction of sp³-hybridized carbons (Fsp3) is 0.235. The summed E-state index contributed by atoms with van der Waals surface area (Å²) in [6.45, 7) is 1.31. The van der Waals surface area contributed by atoms with Gasteiger partial charge < -0.3 is 10.5 Å². The second-order valence-electron chi connectivity index (χ2n) is 5.25. The molecule has 126 valence electrons. The van der Waals surface area contributed by atoms with Gasteiger partial charge in [0.1, 0.15) is 11.8 Å². The maximum absolute atomic E-state index is 12.4. The van der Waals surface area contributed by atoms with E-state index in [1.807, 2.05) is 6.07 Å². The van der Waals surface area contributed by atoms with Gasteiger partial charge in [0.05, 0.1) is 22.3 Å². The molecule has 0 fully saturated rings. The van der Waals surface area contributed by atoms with E-state index in [0.29, 0.717) is 5.56 Å². The molecule has 0 bridgehead atoms. The summed E-state index contributed by atoms with van der Waals surface area (Å²) in [7, 11) is 0. The summed E-state index contributed by atoms with van der Waals surface area (Å²) in [6, 6.07) is 7.68. The van der Waals surface area contributed by atoms with Crippen molar-refractivity contribution >= 4 is 17.5 Å². The van der Waals surface area contributed by atoms with Crippen molar-refractivity contribution in [2.75, 3.05) is 6.61 Å². The van der Waals surface area contributed by atoms with Gasteiger partial charge in [-0.15, -0.1) is 6.42 Å². The van der Waals surface area contributed by atoms with Crippen LogP contribution in [0.5, 0.6) is 0 Å². The lowest BCUT2D eigenvalue weighted by Gasteiger charge is -2.28. The predicted molar refractivity (Wildman–Crippen MR) is 89.1 cm³/mol. The van der Waals surface area contributed by atoms with Crippen LogP contribution in [0.1, 0.15) is 18.4 Å². The molecule has 1 heterocycles. The van der Waals surface area contributed by atoms with E-state index in [2.05, 4.69) is 10.9 Å². The Bertz CT molecular complexity index is 873. The normalized spacial score (nSPS) is 19.4. The van der Waals surface area contributed by atoms with Gasteiger partial charge in [0.2, 0.25) is 0 Å². The Morgan fingerprint density at radius 1 is 1.56 bits per heavy atom. The molecular formula is C17H14N4O4. The first-order valence-electron chi connectivity index (χ1n) is 7.20. The molecule has 2 unspecified atom stereocenters. The molecule has 2 N–H and O–H groups in total. The van der Waals surface area contributed by atoms with Crippen LogP contribution in [0.2, 0.25) is 0 Å². The number of nitro benzene ring substituents is 1. The topological polar surface area (TPSA) is 132 Å². The average Bonchev–Trinajstić information content (AvgIpc) is 2.59. The van der Waals surface area contributed by atoms with Gasteiger partial charge in [-0.05, 0) is 12.5 Å². The highest BCUT2D eigenvalue weighted by Crippen LogP contribution is 2.39. The van der Waals surface area contributed by atoms with E-state index in [9.17, 15) is 20.2 Å². The lowest BCUT2D eigenvalue weighted by molar-refractivity contribution is -0.384. The van der Waals surface area contributed by atoms with Crippen molar-refractivity contribution in [1.29, 1.82) is 5.26 Å². The fourth-order valence-electron chi connectivity index (χ4n) is 2.68. The standard InChI is InChI=1S/C17H14N4O4/c1-3-7-25-17(22)14-10(2)20-16(19)13(9-18)15(14)11-5-4-6-12(8-11)21(23)24/h1,4-6,8,13,15H,7H2,2H3,(H2,19,20). The van der Waals surface area contributed by atoms with Crippen molar-refractivity contribution < 1.29 is 14.5 Å². The lowest BCUT2D eigenvalue weighted by atomic mass is 9.78. The number of ether oxygens (including phenoxy) is 1. The van der Waals surface area contributed by atoms with E-state index in [-0.39, 0.29) is 29.4 Å². The summed E-state index contributed by atoms with van der Waals surface area (Å²) in [5.74, 6) is -0.315. The number of allylic oxidation sites excluding steroid dienone is 1. The zero-order valence-corrected chi connectivity index (χ0v) is 13.3. The summed E-state index contributed by atoms with van der Waals surface area (Å²) in [6.07, 6.45) is 5.10. The molecular weight excluding hydrogens is 324 g/mol. The minimum atomic E-state index is -0.959. The Hall–Kier alpha value is -3.65. The molecule has 2 rings (SSSR count). The number of hydrogen-bond donors (Lipinski definition) is 1.